The highest BCUT2D eigenvalue weighted by Crippen LogP contribution is 2.37. The Kier molecular flexibility index (Phi) is 8.92. The van der Waals surface area contributed by atoms with Crippen LogP contribution in [0.5, 0.6) is 11.5 Å². The van der Waals surface area contributed by atoms with Gasteiger partial charge in [0.15, 0.2) is 17.3 Å². The summed E-state index contributed by atoms with van der Waals surface area (Å²) in [5, 5.41) is 16.2. The lowest BCUT2D eigenvalue weighted by atomic mass is 10.1. The Labute approximate surface area is 250 Å². The van der Waals surface area contributed by atoms with Gasteiger partial charge in [-0.25, -0.2) is 27.8 Å². The zero-order valence-corrected chi connectivity index (χ0v) is 23.3. The Bertz CT molecular complexity index is 1790. The highest BCUT2D eigenvalue weighted by Gasteiger charge is 2.29. The number of likely N-dealkylation sites (tertiary alicyclic amines) is 1. The van der Waals surface area contributed by atoms with E-state index in [1.54, 1.807) is 0 Å². The molecule has 3 heterocycles. The fourth-order valence-corrected chi connectivity index (χ4v) is 4.78. The van der Waals surface area contributed by atoms with Crippen molar-refractivity contribution in [2.24, 2.45) is 0 Å². The third-order valence-electron chi connectivity index (χ3n) is 6.93. The van der Waals surface area contributed by atoms with Crippen molar-refractivity contribution in [3.05, 3.63) is 71.8 Å². The Morgan fingerprint density at radius 2 is 1.82 bits per heavy atom. The maximum Gasteiger partial charge on any atom is 0.248 e. The van der Waals surface area contributed by atoms with Crippen LogP contribution in [-0.4, -0.2) is 68.2 Å². The minimum absolute atomic E-state index is 0.0121. The molecule has 1 fully saturated rings. The molecule has 2 aromatic carbocycles. The Morgan fingerprint density at radius 3 is 2.51 bits per heavy atom. The number of amides is 2. The first-order valence-electron chi connectivity index (χ1n) is 13.3. The van der Waals surface area contributed by atoms with Crippen LogP contribution in [0.4, 0.5) is 27.8 Å². The molecule has 0 bridgehead atoms. The fraction of sp³-hybridized carbons (Fsp3) is 0.250. The molecule has 12 nitrogen and oxygen atoms in total. The van der Waals surface area contributed by atoms with Gasteiger partial charge in [-0.1, -0.05) is 0 Å². The number of hydrogen-bond donors (Lipinski definition) is 3. The normalized spacial score (nSPS) is 15.9. The maximum atomic E-state index is 15.5. The number of piperidine rings is 1. The summed E-state index contributed by atoms with van der Waals surface area (Å²) >= 11 is 0. The van der Waals surface area contributed by atoms with Gasteiger partial charge in [0.1, 0.15) is 29.4 Å². The third kappa shape index (κ3) is 6.39. The summed E-state index contributed by atoms with van der Waals surface area (Å²) in [6, 6.07) is 2.59. The Morgan fingerprint density at radius 1 is 1.09 bits per heavy atom. The highest BCUT2D eigenvalue weighted by molar-refractivity contribution is 5.99. The number of aliphatic hydroxyl groups excluding tert-OH is 1. The number of aliphatic hydroxyl groups is 1. The summed E-state index contributed by atoms with van der Waals surface area (Å²) in [5.74, 6) is -11.1. The van der Waals surface area contributed by atoms with E-state index >= 15 is 4.39 Å². The first-order chi connectivity index (χ1) is 21.5. The second kappa shape index (κ2) is 12.8. The average Bonchev–Trinajstić information content (AvgIpc) is 3.41. The van der Waals surface area contributed by atoms with Gasteiger partial charge in [-0.05, 0) is 25.0 Å². The van der Waals surface area contributed by atoms with E-state index in [9.17, 15) is 32.3 Å². The lowest BCUT2D eigenvalue weighted by Crippen LogP contribution is -2.40. The smallest absolute Gasteiger partial charge is 0.248 e. The topological polar surface area (TPSA) is 158 Å². The molecule has 236 valence electrons. The first kappa shape index (κ1) is 31.3. The Hall–Kier alpha value is -5.16. The van der Waals surface area contributed by atoms with Crippen molar-refractivity contribution < 1.29 is 46.1 Å². The van der Waals surface area contributed by atoms with E-state index in [4.69, 9.17) is 10.5 Å². The number of carbonyl (C=O) groups excluding carboxylic acids is 2. The molecule has 2 aromatic heterocycles. The van der Waals surface area contributed by atoms with E-state index in [0.29, 0.717) is 19.4 Å². The summed E-state index contributed by atoms with van der Waals surface area (Å²) in [4.78, 5) is 34.4. The van der Waals surface area contributed by atoms with Gasteiger partial charge in [0.25, 0.3) is 0 Å². The van der Waals surface area contributed by atoms with E-state index in [1.807, 2.05) is 0 Å². The average molecular weight is 634 g/mol. The molecule has 17 heteroatoms. The van der Waals surface area contributed by atoms with Crippen molar-refractivity contribution in [1.29, 1.82) is 0 Å². The molecule has 4 aromatic rings. The molecule has 45 heavy (non-hydrogen) atoms. The van der Waals surface area contributed by atoms with Crippen LogP contribution in [-0.2, 0) is 14.3 Å². The molecular weight excluding hydrogens is 609 g/mol. The molecular formula is C28H24F5N7O5. The Balaban J connectivity index is 1.43. The summed E-state index contributed by atoms with van der Waals surface area (Å²) < 4.78 is 81.8. The largest absolute Gasteiger partial charge is 0.451 e. The number of halogens is 5. The number of anilines is 1. The molecule has 4 N–H and O–H groups in total. The fourth-order valence-electron chi connectivity index (χ4n) is 4.78. The zero-order chi connectivity index (χ0) is 32.4. The van der Waals surface area contributed by atoms with E-state index < -0.39 is 64.9 Å². The molecule has 2 atom stereocenters. The minimum Gasteiger partial charge on any atom is -0.451 e. The van der Waals surface area contributed by atoms with Crippen LogP contribution >= 0.6 is 0 Å². The van der Waals surface area contributed by atoms with Gasteiger partial charge in [0, 0.05) is 50.0 Å². The molecule has 5 rings (SSSR count). The molecule has 2 unspecified atom stereocenters. The molecule has 0 saturated carbocycles. The second-order valence-corrected chi connectivity index (χ2v) is 9.80. The third-order valence-corrected chi connectivity index (χ3v) is 6.93. The van der Waals surface area contributed by atoms with Crippen molar-refractivity contribution >= 4 is 28.7 Å². The molecule has 0 spiro atoms. The summed E-state index contributed by atoms with van der Waals surface area (Å²) in [6.07, 6.45) is 2.74. The van der Waals surface area contributed by atoms with Crippen LogP contribution in [0.1, 0.15) is 18.9 Å². The number of nitrogens with zero attached hydrogens (tertiary/aromatic N) is 5. The number of rotatable bonds is 8. The molecule has 1 aliphatic heterocycles. The van der Waals surface area contributed by atoms with Crippen molar-refractivity contribution in [1.82, 2.24) is 30.0 Å². The summed E-state index contributed by atoms with van der Waals surface area (Å²) in [5.41, 5.74) is 6.24. The van der Waals surface area contributed by atoms with Gasteiger partial charge in [-0.3, -0.25) is 9.59 Å². The van der Waals surface area contributed by atoms with E-state index in [1.165, 1.54) is 29.1 Å². The van der Waals surface area contributed by atoms with Gasteiger partial charge in [0.2, 0.25) is 35.6 Å². The predicted octanol–water partition coefficient (Wildman–Crippen LogP) is 3.32. The number of nitrogen functional groups attached to an aromatic ring is 1. The van der Waals surface area contributed by atoms with Crippen LogP contribution in [0.2, 0.25) is 0 Å². The number of nitrogens with one attached hydrogen (secondary N) is 1. The van der Waals surface area contributed by atoms with Crippen LogP contribution in [0.25, 0.3) is 22.3 Å². The molecule has 1 saturated heterocycles. The van der Waals surface area contributed by atoms with Crippen molar-refractivity contribution in [3.8, 4) is 22.8 Å². The van der Waals surface area contributed by atoms with Gasteiger partial charge < -0.3 is 30.5 Å². The summed E-state index contributed by atoms with van der Waals surface area (Å²) in [7, 11) is 1.18. The standard InChI is InChI=1S/C28H24F5N7O5/c1-44-28(43)37-19(41)6-7-20(42)39-8-2-3-13(11-39)40-27-21(26(34)35-12-36-27)24(38-40)15-5-4-14(9-16(15)29)45-25-22(32)17(30)10-18(31)23(25)33/h4-7,9-10,12-13,28,43H,2-3,8,11H2,1H3,(H,37,41)(H2,34,35,36)/b7-6-. The van der Waals surface area contributed by atoms with Crippen LogP contribution in [0.15, 0.2) is 42.7 Å². The van der Waals surface area contributed by atoms with Crippen LogP contribution in [0, 0.1) is 29.1 Å². The molecule has 2 amide bonds. The SMILES string of the molecule is COC(O)NC(=O)/C=C\C(=O)N1CCCC(n2nc(-c3ccc(Oc4c(F)c(F)cc(F)c4F)cc3F)c3c(N)ncnc32)C1. The number of fused-ring (bicyclic) bond motifs is 1. The number of hydrogen-bond acceptors (Lipinski definition) is 9. The van der Waals surface area contributed by atoms with E-state index in [2.05, 4.69) is 25.1 Å². The molecule has 0 radical (unpaired) electrons. The number of methoxy groups -OCH3 is 1. The number of aromatic nitrogens is 4. The van der Waals surface area contributed by atoms with Crippen LogP contribution in [0.3, 0.4) is 0 Å². The highest BCUT2D eigenvalue weighted by atomic mass is 19.2. The number of nitrogens with two attached hydrogens (primary N) is 1. The lowest BCUT2D eigenvalue weighted by molar-refractivity contribution is -0.136. The molecule has 1 aliphatic rings. The predicted molar refractivity (Wildman–Crippen MR) is 147 cm³/mol. The maximum absolute atomic E-state index is 15.5. The summed E-state index contributed by atoms with van der Waals surface area (Å²) in [6.45, 7) is 0.514. The number of carbonyl (C=O) groups is 2. The van der Waals surface area contributed by atoms with Gasteiger partial charge in [-0.15, -0.1) is 0 Å². The monoisotopic (exact) mass is 633 g/mol. The quantitative estimate of drug-likeness (QED) is 0.115. The van der Waals surface area contributed by atoms with Gasteiger partial charge in [0.05, 0.1) is 11.4 Å². The van der Waals surface area contributed by atoms with Crippen molar-refractivity contribution in [2.45, 2.75) is 25.3 Å². The zero-order valence-electron chi connectivity index (χ0n) is 23.3. The van der Waals surface area contributed by atoms with Gasteiger partial charge >= 0.3 is 0 Å². The number of benzene rings is 2. The van der Waals surface area contributed by atoms with Gasteiger partial charge in [-0.2, -0.15) is 13.9 Å². The van der Waals surface area contributed by atoms with Crippen LogP contribution < -0.4 is 15.8 Å². The lowest BCUT2D eigenvalue weighted by Gasteiger charge is -2.32. The second-order valence-electron chi connectivity index (χ2n) is 9.80. The molecule has 0 aliphatic carbocycles. The first-order valence-corrected chi connectivity index (χ1v) is 13.3. The minimum atomic E-state index is -1.79. The van der Waals surface area contributed by atoms with Crippen molar-refractivity contribution in [3.63, 3.8) is 0 Å². The van der Waals surface area contributed by atoms with E-state index in [0.717, 1.165) is 24.3 Å². The van der Waals surface area contributed by atoms with E-state index in [-0.39, 0.29) is 40.7 Å². The van der Waals surface area contributed by atoms with Crippen molar-refractivity contribution in [2.75, 3.05) is 25.9 Å². The number of ether oxygens (including phenoxy) is 2.